The zero-order chi connectivity index (χ0) is 10.7. The molecule has 1 nitrogen and oxygen atoms in total. The third kappa shape index (κ3) is 1.85. The predicted octanol–water partition coefficient (Wildman–Crippen LogP) is 3.07. The molecule has 0 radical (unpaired) electrons. The molecule has 15 heavy (non-hydrogen) atoms. The monoisotopic (exact) mass is 196 g/mol. The van der Waals surface area contributed by atoms with Crippen molar-refractivity contribution in [3.8, 4) is 12.3 Å². The van der Waals surface area contributed by atoms with Crippen molar-refractivity contribution in [2.75, 3.05) is 0 Å². The van der Waals surface area contributed by atoms with Gasteiger partial charge in [-0.05, 0) is 17.6 Å². The highest BCUT2D eigenvalue weighted by Crippen LogP contribution is 2.32. The molecule has 1 heteroatoms. The lowest BCUT2D eigenvalue weighted by Crippen LogP contribution is -1.88. The van der Waals surface area contributed by atoms with Crippen molar-refractivity contribution in [2.24, 2.45) is 0 Å². The minimum absolute atomic E-state index is 0.220. The maximum atomic E-state index is 11.6. The summed E-state index contributed by atoms with van der Waals surface area (Å²) < 4.78 is 0. The lowest BCUT2D eigenvalue weighted by Gasteiger charge is -1.98. The van der Waals surface area contributed by atoms with Crippen molar-refractivity contribution in [3.63, 3.8) is 0 Å². The van der Waals surface area contributed by atoms with E-state index >= 15 is 0 Å². The first-order valence-electron chi connectivity index (χ1n) is 5.08. The standard InChI is InChI=1S/C14H12O/c1-2-3-4-7-11-10-14(15)13-9-6-5-8-12(11)13/h1,5-9H,3-4,10H2/b11-7+. The molecule has 0 aromatic heterocycles. The highest BCUT2D eigenvalue weighted by Gasteiger charge is 2.22. The summed E-state index contributed by atoms with van der Waals surface area (Å²) in [7, 11) is 0. The highest BCUT2D eigenvalue weighted by molar-refractivity contribution is 6.11. The molecule has 0 N–H and O–H groups in total. The van der Waals surface area contributed by atoms with E-state index in [0.29, 0.717) is 6.42 Å². The number of benzene rings is 1. The smallest absolute Gasteiger partial charge is 0.167 e. The predicted molar refractivity (Wildman–Crippen MR) is 61.4 cm³/mol. The summed E-state index contributed by atoms with van der Waals surface area (Å²) in [6.07, 6.45) is 9.40. The molecule has 0 unspecified atom stereocenters. The molecule has 0 spiro atoms. The van der Waals surface area contributed by atoms with Crippen LogP contribution in [-0.2, 0) is 0 Å². The minimum atomic E-state index is 0.220. The number of hydrogen-bond donors (Lipinski definition) is 0. The molecule has 0 saturated heterocycles. The van der Waals surface area contributed by atoms with Crippen LogP contribution in [0.1, 0.15) is 35.2 Å². The average molecular weight is 196 g/mol. The van der Waals surface area contributed by atoms with Crippen molar-refractivity contribution >= 4 is 11.4 Å². The molecule has 0 heterocycles. The molecule has 1 aromatic rings. The van der Waals surface area contributed by atoms with Gasteiger partial charge in [0.2, 0.25) is 0 Å². The Balaban J connectivity index is 2.29. The molecule has 1 aliphatic carbocycles. The number of carbonyl (C=O) groups is 1. The first-order valence-corrected chi connectivity index (χ1v) is 5.08. The van der Waals surface area contributed by atoms with Gasteiger partial charge in [0.25, 0.3) is 0 Å². The van der Waals surface area contributed by atoms with E-state index in [2.05, 4.69) is 12.0 Å². The zero-order valence-corrected chi connectivity index (χ0v) is 8.49. The molecule has 0 aliphatic heterocycles. The van der Waals surface area contributed by atoms with Gasteiger partial charge in [-0.1, -0.05) is 30.3 Å². The van der Waals surface area contributed by atoms with E-state index in [1.54, 1.807) is 0 Å². The van der Waals surface area contributed by atoms with E-state index in [1.165, 1.54) is 0 Å². The van der Waals surface area contributed by atoms with Gasteiger partial charge in [-0.15, -0.1) is 12.3 Å². The van der Waals surface area contributed by atoms with Gasteiger partial charge in [-0.3, -0.25) is 4.79 Å². The topological polar surface area (TPSA) is 17.1 Å². The van der Waals surface area contributed by atoms with Gasteiger partial charge in [0.05, 0.1) is 0 Å². The maximum Gasteiger partial charge on any atom is 0.167 e. The molecule has 2 rings (SSSR count). The summed E-state index contributed by atoms with van der Waals surface area (Å²) in [6.45, 7) is 0. The van der Waals surface area contributed by atoms with Crippen molar-refractivity contribution in [3.05, 3.63) is 41.5 Å². The van der Waals surface area contributed by atoms with Gasteiger partial charge >= 0.3 is 0 Å². The van der Waals surface area contributed by atoms with Crippen LogP contribution < -0.4 is 0 Å². The fourth-order valence-corrected chi connectivity index (χ4v) is 1.88. The van der Waals surface area contributed by atoms with E-state index in [-0.39, 0.29) is 5.78 Å². The largest absolute Gasteiger partial charge is 0.294 e. The van der Waals surface area contributed by atoms with Gasteiger partial charge in [-0.25, -0.2) is 0 Å². The van der Waals surface area contributed by atoms with E-state index in [1.807, 2.05) is 24.3 Å². The highest BCUT2D eigenvalue weighted by atomic mass is 16.1. The fraction of sp³-hybridized carbons (Fsp3) is 0.214. The fourth-order valence-electron chi connectivity index (χ4n) is 1.88. The van der Waals surface area contributed by atoms with Crippen molar-refractivity contribution in [1.29, 1.82) is 0 Å². The third-order valence-electron chi connectivity index (χ3n) is 2.60. The number of terminal acetylenes is 1. The number of carbonyl (C=O) groups excluding carboxylic acids is 1. The van der Waals surface area contributed by atoms with Crippen LogP contribution in [-0.4, -0.2) is 5.78 Å². The molecule has 0 atom stereocenters. The first kappa shape index (κ1) is 9.73. The Morgan fingerprint density at radius 2 is 2.07 bits per heavy atom. The van der Waals surface area contributed by atoms with Gasteiger partial charge < -0.3 is 0 Å². The maximum absolute atomic E-state index is 11.6. The summed E-state index contributed by atoms with van der Waals surface area (Å²) in [5, 5.41) is 0. The molecule has 74 valence electrons. The molecule has 0 amide bonds. The number of fused-ring (bicyclic) bond motifs is 1. The minimum Gasteiger partial charge on any atom is -0.294 e. The normalized spacial score (nSPS) is 16.5. The number of Topliss-reactive ketones (excluding diaryl/α,β-unsaturated/α-hetero) is 1. The molecule has 0 bridgehead atoms. The number of allylic oxidation sites excluding steroid dienone is 2. The molecular weight excluding hydrogens is 184 g/mol. The Hall–Kier alpha value is -1.81. The van der Waals surface area contributed by atoms with Crippen LogP contribution in [0.4, 0.5) is 0 Å². The van der Waals surface area contributed by atoms with E-state index < -0.39 is 0 Å². The van der Waals surface area contributed by atoms with Crippen molar-refractivity contribution < 1.29 is 4.79 Å². The van der Waals surface area contributed by atoms with Crippen LogP contribution in [0.2, 0.25) is 0 Å². The Labute approximate surface area is 89.8 Å². The van der Waals surface area contributed by atoms with Gasteiger partial charge in [0.15, 0.2) is 5.78 Å². The van der Waals surface area contributed by atoms with Crippen LogP contribution in [0.25, 0.3) is 5.57 Å². The Kier molecular flexibility index (Phi) is 2.69. The number of ketones is 1. The molecule has 0 fully saturated rings. The molecule has 1 aromatic carbocycles. The van der Waals surface area contributed by atoms with Gasteiger partial charge in [0.1, 0.15) is 0 Å². The van der Waals surface area contributed by atoms with Crippen LogP contribution in [0, 0.1) is 12.3 Å². The van der Waals surface area contributed by atoms with Gasteiger partial charge in [0, 0.05) is 18.4 Å². The Bertz CT molecular complexity index is 460. The molecule has 1 aliphatic rings. The number of unbranched alkanes of at least 4 members (excludes halogenated alkanes) is 1. The summed E-state index contributed by atoms with van der Waals surface area (Å²) >= 11 is 0. The van der Waals surface area contributed by atoms with Crippen molar-refractivity contribution in [1.82, 2.24) is 0 Å². The quantitative estimate of drug-likeness (QED) is 0.524. The Morgan fingerprint density at radius 3 is 2.80 bits per heavy atom. The summed E-state index contributed by atoms with van der Waals surface area (Å²) in [4.78, 5) is 11.6. The van der Waals surface area contributed by atoms with Gasteiger partial charge in [-0.2, -0.15) is 0 Å². The second kappa shape index (κ2) is 4.14. The number of hydrogen-bond acceptors (Lipinski definition) is 1. The summed E-state index contributed by atoms with van der Waals surface area (Å²) in [5.41, 5.74) is 3.06. The number of rotatable bonds is 2. The summed E-state index contributed by atoms with van der Waals surface area (Å²) in [6, 6.07) is 7.76. The lowest BCUT2D eigenvalue weighted by atomic mass is 10.1. The van der Waals surface area contributed by atoms with E-state index in [0.717, 1.165) is 29.5 Å². The van der Waals surface area contributed by atoms with Crippen molar-refractivity contribution in [2.45, 2.75) is 19.3 Å². The van der Waals surface area contributed by atoms with Crippen LogP contribution in [0.3, 0.4) is 0 Å². The van der Waals surface area contributed by atoms with Crippen LogP contribution >= 0.6 is 0 Å². The Morgan fingerprint density at radius 1 is 1.33 bits per heavy atom. The molecular formula is C14H12O. The first-order chi connectivity index (χ1) is 7.33. The SMILES string of the molecule is C#CCC/C=C1\CC(=O)c2ccccc21. The van der Waals surface area contributed by atoms with E-state index in [9.17, 15) is 4.79 Å². The molecule has 0 saturated carbocycles. The van der Waals surface area contributed by atoms with E-state index in [4.69, 9.17) is 6.42 Å². The third-order valence-corrected chi connectivity index (χ3v) is 2.60. The second-order valence-electron chi connectivity index (χ2n) is 3.62. The van der Waals surface area contributed by atoms with Crippen LogP contribution in [0.15, 0.2) is 30.3 Å². The summed E-state index contributed by atoms with van der Waals surface area (Å²) in [5.74, 6) is 2.82. The second-order valence-corrected chi connectivity index (χ2v) is 3.62. The van der Waals surface area contributed by atoms with Crippen LogP contribution in [0.5, 0.6) is 0 Å². The zero-order valence-electron chi connectivity index (χ0n) is 8.49. The lowest BCUT2D eigenvalue weighted by molar-refractivity contribution is 0.100. The average Bonchev–Trinajstić information content (AvgIpc) is 2.58.